The third-order valence-corrected chi connectivity index (χ3v) is 7.83. The molecule has 190 valence electrons. The summed E-state index contributed by atoms with van der Waals surface area (Å²) in [5, 5.41) is 3.02. The van der Waals surface area contributed by atoms with Crippen LogP contribution in [-0.2, 0) is 6.18 Å². The fourth-order valence-electron chi connectivity index (χ4n) is 3.97. The summed E-state index contributed by atoms with van der Waals surface area (Å²) >= 11 is 2.51. The molecule has 0 aliphatic carbocycles. The zero-order valence-corrected chi connectivity index (χ0v) is 20.9. The lowest BCUT2D eigenvalue weighted by Crippen LogP contribution is -2.41. The lowest BCUT2D eigenvalue weighted by Gasteiger charge is -2.31. The SMILES string of the molecule is Cc1nc(C)c(C(=O)NNC(=O)c2csc(C3CCN(C(=O)c4ccccc4C(F)(F)F)CC3)n2)s1. The Morgan fingerprint density at radius 2 is 1.69 bits per heavy atom. The molecule has 4 rings (SSSR count). The number of aromatic nitrogens is 2. The van der Waals surface area contributed by atoms with Gasteiger partial charge in [0.25, 0.3) is 17.7 Å². The van der Waals surface area contributed by atoms with Crippen LogP contribution in [0.1, 0.15) is 70.6 Å². The monoisotopic (exact) mass is 537 g/mol. The van der Waals surface area contributed by atoms with Crippen LogP contribution >= 0.6 is 22.7 Å². The first kappa shape index (κ1) is 25.8. The zero-order valence-electron chi connectivity index (χ0n) is 19.3. The van der Waals surface area contributed by atoms with Crippen molar-refractivity contribution >= 4 is 40.4 Å². The lowest BCUT2D eigenvalue weighted by atomic mass is 9.96. The molecule has 0 radical (unpaired) electrons. The number of piperidine rings is 1. The average molecular weight is 538 g/mol. The topological polar surface area (TPSA) is 104 Å². The third-order valence-electron chi connectivity index (χ3n) is 5.75. The van der Waals surface area contributed by atoms with Crippen LogP contribution in [0.25, 0.3) is 0 Å². The number of alkyl halides is 3. The van der Waals surface area contributed by atoms with E-state index in [-0.39, 0.29) is 30.3 Å². The van der Waals surface area contributed by atoms with Crippen molar-refractivity contribution in [1.82, 2.24) is 25.7 Å². The van der Waals surface area contributed by atoms with Crippen LogP contribution in [0.3, 0.4) is 0 Å². The summed E-state index contributed by atoms with van der Waals surface area (Å²) in [7, 11) is 0. The number of aryl methyl sites for hydroxylation is 2. The van der Waals surface area contributed by atoms with Crippen LogP contribution in [0.4, 0.5) is 13.2 Å². The summed E-state index contributed by atoms with van der Waals surface area (Å²) in [5.74, 6) is -1.72. The molecule has 0 saturated carbocycles. The van der Waals surface area contributed by atoms with Gasteiger partial charge in [0.1, 0.15) is 10.6 Å². The van der Waals surface area contributed by atoms with E-state index in [0.717, 1.165) is 11.1 Å². The second-order valence-corrected chi connectivity index (χ2v) is 10.3. The van der Waals surface area contributed by atoms with Gasteiger partial charge in [0.15, 0.2) is 0 Å². The number of nitrogens with one attached hydrogen (secondary N) is 2. The Bertz CT molecular complexity index is 1300. The molecule has 3 heterocycles. The van der Waals surface area contributed by atoms with E-state index < -0.39 is 29.5 Å². The number of nitrogens with zero attached hydrogens (tertiary/aromatic N) is 3. The van der Waals surface area contributed by atoms with Gasteiger partial charge in [-0.05, 0) is 38.8 Å². The number of hydrogen-bond acceptors (Lipinski definition) is 7. The molecule has 1 aliphatic heterocycles. The summed E-state index contributed by atoms with van der Waals surface area (Å²) in [6, 6.07) is 4.78. The maximum absolute atomic E-state index is 13.3. The van der Waals surface area contributed by atoms with E-state index >= 15 is 0 Å². The predicted octanol–water partition coefficient (Wildman–Crippen LogP) is 4.33. The Morgan fingerprint density at radius 1 is 1.03 bits per heavy atom. The summed E-state index contributed by atoms with van der Waals surface area (Å²) in [4.78, 5) is 47.9. The van der Waals surface area contributed by atoms with Crippen LogP contribution in [-0.4, -0.2) is 45.7 Å². The van der Waals surface area contributed by atoms with Gasteiger partial charge in [-0.2, -0.15) is 13.2 Å². The normalized spacial score (nSPS) is 14.5. The molecule has 3 aromatic rings. The van der Waals surface area contributed by atoms with Gasteiger partial charge in [-0.3, -0.25) is 25.2 Å². The van der Waals surface area contributed by atoms with Crippen molar-refractivity contribution in [1.29, 1.82) is 0 Å². The number of rotatable bonds is 4. The Balaban J connectivity index is 1.33. The van der Waals surface area contributed by atoms with Crippen molar-refractivity contribution in [2.45, 2.75) is 38.8 Å². The first-order chi connectivity index (χ1) is 17.0. The molecular formula is C23H22F3N5O3S2. The average Bonchev–Trinajstić information content (AvgIpc) is 3.48. The maximum Gasteiger partial charge on any atom is 0.417 e. The van der Waals surface area contributed by atoms with Crippen molar-refractivity contribution in [3.63, 3.8) is 0 Å². The Morgan fingerprint density at radius 3 is 2.33 bits per heavy atom. The lowest BCUT2D eigenvalue weighted by molar-refractivity contribution is -0.138. The van der Waals surface area contributed by atoms with Crippen molar-refractivity contribution < 1.29 is 27.6 Å². The van der Waals surface area contributed by atoms with Gasteiger partial charge in [-0.15, -0.1) is 22.7 Å². The van der Waals surface area contributed by atoms with Gasteiger partial charge in [0.05, 0.1) is 26.8 Å². The maximum atomic E-state index is 13.3. The Labute approximate surface area is 212 Å². The van der Waals surface area contributed by atoms with Crippen molar-refractivity contribution in [2.75, 3.05) is 13.1 Å². The molecule has 1 aromatic carbocycles. The molecule has 0 bridgehead atoms. The van der Waals surface area contributed by atoms with Crippen molar-refractivity contribution in [3.8, 4) is 0 Å². The molecule has 0 spiro atoms. The Hall–Kier alpha value is -3.32. The number of hydrogen-bond donors (Lipinski definition) is 2. The van der Waals surface area contributed by atoms with Gasteiger partial charge in [0.2, 0.25) is 0 Å². The molecule has 3 amide bonds. The molecule has 0 unspecified atom stereocenters. The standard InChI is InChI=1S/C23H22F3N5O3S2/c1-12-18(36-13(2)27-12)20(33)30-29-19(32)17-11-35-21(28-17)14-7-9-31(10-8-14)22(34)15-5-3-4-6-16(15)23(24,25)26/h3-6,11,14H,7-10H2,1-2H3,(H,29,32)(H,30,33). The van der Waals surface area contributed by atoms with Crippen LogP contribution in [0.2, 0.25) is 0 Å². The summed E-state index contributed by atoms with van der Waals surface area (Å²) < 4.78 is 39.9. The van der Waals surface area contributed by atoms with Crippen LogP contribution in [0.15, 0.2) is 29.6 Å². The van der Waals surface area contributed by atoms with Gasteiger partial charge in [0, 0.05) is 24.4 Å². The highest BCUT2D eigenvalue weighted by atomic mass is 32.1. The molecule has 1 saturated heterocycles. The molecule has 36 heavy (non-hydrogen) atoms. The number of halogens is 3. The molecule has 8 nitrogen and oxygen atoms in total. The van der Waals surface area contributed by atoms with Crippen LogP contribution in [0.5, 0.6) is 0 Å². The Kier molecular flexibility index (Phi) is 7.41. The largest absolute Gasteiger partial charge is 0.417 e. The summed E-state index contributed by atoms with van der Waals surface area (Å²) in [6.45, 7) is 4.05. The first-order valence-corrected chi connectivity index (χ1v) is 12.7. The zero-order chi connectivity index (χ0) is 26.0. The fraction of sp³-hybridized carbons (Fsp3) is 0.348. The molecule has 1 fully saturated rings. The fourth-order valence-corrected chi connectivity index (χ4v) is 5.76. The smallest absolute Gasteiger partial charge is 0.339 e. The third kappa shape index (κ3) is 5.57. The molecule has 1 aliphatic rings. The van der Waals surface area contributed by atoms with Crippen molar-refractivity contribution in [3.05, 3.63) is 67.1 Å². The van der Waals surface area contributed by atoms with E-state index in [1.54, 1.807) is 19.2 Å². The second kappa shape index (κ2) is 10.3. The first-order valence-electron chi connectivity index (χ1n) is 11.0. The molecule has 0 atom stereocenters. The van der Waals surface area contributed by atoms with E-state index in [4.69, 9.17) is 0 Å². The molecule has 2 aromatic heterocycles. The summed E-state index contributed by atoms with van der Waals surface area (Å²) in [5.41, 5.74) is 4.13. The number of benzene rings is 1. The van der Waals surface area contributed by atoms with Crippen LogP contribution in [0, 0.1) is 13.8 Å². The van der Waals surface area contributed by atoms with Gasteiger partial charge in [-0.25, -0.2) is 9.97 Å². The van der Waals surface area contributed by atoms with E-state index in [0.29, 0.717) is 28.4 Å². The van der Waals surface area contributed by atoms with E-state index in [1.165, 1.54) is 45.8 Å². The van der Waals surface area contributed by atoms with Crippen molar-refractivity contribution in [2.24, 2.45) is 0 Å². The van der Waals surface area contributed by atoms with Gasteiger partial charge < -0.3 is 4.90 Å². The minimum atomic E-state index is -4.61. The number of carbonyl (C=O) groups is 3. The number of carbonyl (C=O) groups excluding carboxylic acids is 3. The molecular weight excluding hydrogens is 515 g/mol. The van der Waals surface area contributed by atoms with Gasteiger partial charge in [-0.1, -0.05) is 12.1 Å². The predicted molar refractivity (Wildman–Crippen MR) is 128 cm³/mol. The summed E-state index contributed by atoms with van der Waals surface area (Å²) in [6.07, 6.45) is -3.59. The highest BCUT2D eigenvalue weighted by Crippen LogP contribution is 2.34. The number of hydrazine groups is 1. The van der Waals surface area contributed by atoms with E-state index in [9.17, 15) is 27.6 Å². The highest BCUT2D eigenvalue weighted by molar-refractivity contribution is 7.13. The second-order valence-electron chi connectivity index (χ2n) is 8.24. The number of amides is 3. The highest BCUT2D eigenvalue weighted by Gasteiger charge is 2.36. The minimum absolute atomic E-state index is 0.0316. The number of thiazole rings is 2. The molecule has 13 heteroatoms. The van der Waals surface area contributed by atoms with E-state index in [2.05, 4.69) is 20.8 Å². The molecule has 2 N–H and O–H groups in total. The number of likely N-dealkylation sites (tertiary alicyclic amines) is 1. The van der Waals surface area contributed by atoms with Crippen LogP contribution < -0.4 is 10.9 Å². The minimum Gasteiger partial charge on any atom is -0.339 e. The quantitative estimate of drug-likeness (QED) is 0.482. The van der Waals surface area contributed by atoms with Gasteiger partial charge >= 0.3 is 6.18 Å². The van der Waals surface area contributed by atoms with E-state index in [1.807, 2.05) is 0 Å².